The minimum Gasteiger partial charge on any atom is -0.336 e. The Bertz CT molecular complexity index is 813. The van der Waals surface area contributed by atoms with E-state index < -0.39 is 0 Å². The van der Waals surface area contributed by atoms with Crippen molar-refractivity contribution in [1.29, 1.82) is 0 Å². The number of rotatable bonds is 7. The highest BCUT2D eigenvalue weighted by Crippen LogP contribution is 2.13. The van der Waals surface area contributed by atoms with E-state index >= 15 is 0 Å². The Morgan fingerprint density at radius 1 is 0.966 bits per heavy atom. The first-order chi connectivity index (χ1) is 14.0. The zero-order chi connectivity index (χ0) is 20.6. The highest BCUT2D eigenvalue weighted by Gasteiger charge is 2.23. The van der Waals surface area contributed by atoms with Gasteiger partial charge >= 0.3 is 0 Å². The van der Waals surface area contributed by atoms with Crippen LogP contribution < -0.4 is 5.32 Å². The Labute approximate surface area is 171 Å². The van der Waals surface area contributed by atoms with Crippen LogP contribution in [0.15, 0.2) is 48.5 Å². The van der Waals surface area contributed by atoms with Crippen molar-refractivity contribution in [1.82, 2.24) is 9.80 Å². The van der Waals surface area contributed by atoms with Crippen molar-refractivity contribution in [3.8, 4) is 0 Å². The lowest BCUT2D eigenvalue weighted by atomic mass is 10.1. The van der Waals surface area contributed by atoms with Crippen LogP contribution in [0.2, 0.25) is 0 Å². The molecule has 1 aliphatic rings. The fraction of sp³-hybridized carbons (Fsp3) is 0.391. The third kappa shape index (κ3) is 6.12. The van der Waals surface area contributed by atoms with Gasteiger partial charge in [0, 0.05) is 37.4 Å². The number of carbonyl (C=O) groups is 2. The first-order valence-electron chi connectivity index (χ1n) is 10.2. The second-order valence-corrected chi connectivity index (χ2v) is 7.42. The minimum atomic E-state index is -0.334. The van der Waals surface area contributed by atoms with E-state index in [1.165, 1.54) is 29.8 Å². The third-order valence-corrected chi connectivity index (χ3v) is 5.17. The van der Waals surface area contributed by atoms with E-state index in [0.29, 0.717) is 37.4 Å². The quantitative estimate of drug-likeness (QED) is 0.777. The van der Waals surface area contributed by atoms with E-state index in [1.807, 2.05) is 34.1 Å². The van der Waals surface area contributed by atoms with E-state index in [9.17, 15) is 14.0 Å². The van der Waals surface area contributed by atoms with Crippen molar-refractivity contribution in [2.75, 3.05) is 38.0 Å². The number of benzene rings is 2. The molecule has 0 aromatic heterocycles. The number of amides is 2. The Kier molecular flexibility index (Phi) is 7.36. The lowest BCUT2D eigenvalue weighted by molar-refractivity contribution is -0.117. The number of nitrogens with zero attached hydrogens (tertiary/aromatic N) is 2. The van der Waals surface area contributed by atoms with Crippen molar-refractivity contribution in [2.45, 2.75) is 26.2 Å². The van der Waals surface area contributed by atoms with E-state index in [0.717, 1.165) is 19.3 Å². The van der Waals surface area contributed by atoms with Crippen LogP contribution in [0.5, 0.6) is 0 Å². The van der Waals surface area contributed by atoms with Crippen LogP contribution in [-0.2, 0) is 11.2 Å². The summed E-state index contributed by atoms with van der Waals surface area (Å²) in [5.74, 6) is -0.430. The zero-order valence-electron chi connectivity index (χ0n) is 16.9. The van der Waals surface area contributed by atoms with E-state index in [2.05, 4.69) is 12.2 Å². The molecular weight excluding hydrogens is 369 g/mol. The van der Waals surface area contributed by atoms with Crippen molar-refractivity contribution < 1.29 is 14.0 Å². The average molecular weight is 397 g/mol. The third-order valence-electron chi connectivity index (χ3n) is 5.17. The summed E-state index contributed by atoms with van der Waals surface area (Å²) in [4.78, 5) is 28.8. The number of hydrogen-bond acceptors (Lipinski definition) is 3. The first kappa shape index (κ1) is 21.0. The van der Waals surface area contributed by atoms with Crippen LogP contribution in [0, 0.1) is 5.82 Å². The molecule has 1 N–H and O–H groups in total. The molecule has 2 aromatic rings. The number of unbranched alkanes of at least 4 members (excludes halogenated alkanes) is 1. The summed E-state index contributed by atoms with van der Waals surface area (Å²) in [6, 6.07) is 13.6. The molecule has 5 nitrogen and oxygen atoms in total. The Balaban J connectivity index is 1.45. The molecule has 1 saturated heterocycles. The van der Waals surface area contributed by atoms with Gasteiger partial charge in [-0.3, -0.25) is 14.5 Å². The lowest BCUT2D eigenvalue weighted by Crippen LogP contribution is -2.50. The molecule has 2 aromatic carbocycles. The van der Waals surface area contributed by atoms with Crippen LogP contribution in [0.3, 0.4) is 0 Å². The van der Waals surface area contributed by atoms with Crippen LogP contribution in [-0.4, -0.2) is 54.3 Å². The molecule has 3 rings (SSSR count). The molecule has 0 radical (unpaired) electrons. The van der Waals surface area contributed by atoms with Gasteiger partial charge in [-0.2, -0.15) is 0 Å². The second-order valence-electron chi connectivity index (χ2n) is 7.42. The monoisotopic (exact) mass is 397 g/mol. The van der Waals surface area contributed by atoms with Crippen molar-refractivity contribution in [3.63, 3.8) is 0 Å². The van der Waals surface area contributed by atoms with E-state index in [4.69, 9.17) is 0 Å². The molecule has 1 aliphatic heterocycles. The number of aryl methyl sites for hydroxylation is 1. The number of halogens is 1. The minimum absolute atomic E-state index is 0.0439. The summed E-state index contributed by atoms with van der Waals surface area (Å²) < 4.78 is 12.9. The Morgan fingerprint density at radius 3 is 2.24 bits per heavy atom. The smallest absolute Gasteiger partial charge is 0.253 e. The summed E-state index contributed by atoms with van der Waals surface area (Å²) >= 11 is 0. The number of piperazine rings is 1. The topological polar surface area (TPSA) is 52.7 Å². The van der Waals surface area contributed by atoms with Crippen LogP contribution in [0.4, 0.5) is 10.1 Å². The van der Waals surface area contributed by atoms with Gasteiger partial charge in [-0.05, 0) is 54.8 Å². The summed E-state index contributed by atoms with van der Waals surface area (Å²) in [7, 11) is 0. The molecule has 0 saturated carbocycles. The second kappa shape index (κ2) is 10.2. The summed E-state index contributed by atoms with van der Waals surface area (Å²) in [5, 5.41) is 2.77. The molecule has 0 atom stereocenters. The number of hydrogen-bond donors (Lipinski definition) is 1. The molecule has 29 heavy (non-hydrogen) atoms. The highest BCUT2D eigenvalue weighted by atomic mass is 19.1. The van der Waals surface area contributed by atoms with Gasteiger partial charge in [-0.1, -0.05) is 25.5 Å². The molecule has 1 heterocycles. The molecule has 154 valence electrons. The van der Waals surface area contributed by atoms with Gasteiger partial charge in [-0.15, -0.1) is 0 Å². The predicted molar refractivity (Wildman–Crippen MR) is 112 cm³/mol. The van der Waals surface area contributed by atoms with Crippen LogP contribution in [0.1, 0.15) is 35.7 Å². The first-order valence-corrected chi connectivity index (χ1v) is 10.2. The standard InChI is InChI=1S/C23H28FN3O2/c1-2-3-4-18-5-7-19(8-6-18)23(29)27-15-13-26(14-16-27)17-22(28)25-21-11-9-20(24)10-12-21/h5-12H,2-4,13-17H2,1H3,(H,25,28). The van der Waals surface area contributed by atoms with Crippen molar-refractivity contribution >= 4 is 17.5 Å². The largest absolute Gasteiger partial charge is 0.336 e. The fourth-order valence-corrected chi connectivity index (χ4v) is 3.42. The van der Waals surface area contributed by atoms with E-state index in [-0.39, 0.29) is 24.2 Å². The number of carbonyl (C=O) groups excluding carboxylic acids is 2. The van der Waals surface area contributed by atoms with Gasteiger partial charge < -0.3 is 10.2 Å². The van der Waals surface area contributed by atoms with Crippen LogP contribution >= 0.6 is 0 Å². The van der Waals surface area contributed by atoms with Gasteiger partial charge in [0.05, 0.1) is 6.54 Å². The summed E-state index contributed by atoms with van der Waals surface area (Å²) in [6.45, 7) is 4.92. The fourth-order valence-electron chi connectivity index (χ4n) is 3.42. The molecule has 0 aliphatic carbocycles. The van der Waals surface area contributed by atoms with E-state index in [1.54, 1.807) is 0 Å². The molecule has 0 unspecified atom stereocenters. The average Bonchev–Trinajstić information content (AvgIpc) is 2.74. The normalized spacial score (nSPS) is 14.6. The molecule has 2 amide bonds. The maximum atomic E-state index is 12.9. The maximum Gasteiger partial charge on any atom is 0.253 e. The number of anilines is 1. The maximum absolute atomic E-state index is 12.9. The molecule has 0 bridgehead atoms. The molecular formula is C23H28FN3O2. The summed E-state index contributed by atoms with van der Waals surface area (Å²) in [5.41, 5.74) is 2.56. The SMILES string of the molecule is CCCCc1ccc(C(=O)N2CCN(CC(=O)Nc3ccc(F)cc3)CC2)cc1. The number of nitrogens with one attached hydrogen (secondary N) is 1. The zero-order valence-corrected chi connectivity index (χ0v) is 16.9. The van der Waals surface area contributed by atoms with Gasteiger partial charge in [0.2, 0.25) is 5.91 Å². The van der Waals surface area contributed by atoms with Crippen molar-refractivity contribution in [2.24, 2.45) is 0 Å². The highest BCUT2D eigenvalue weighted by molar-refractivity contribution is 5.94. The Morgan fingerprint density at radius 2 is 1.62 bits per heavy atom. The van der Waals surface area contributed by atoms with Crippen molar-refractivity contribution in [3.05, 3.63) is 65.5 Å². The van der Waals surface area contributed by atoms with Gasteiger partial charge in [0.15, 0.2) is 0 Å². The van der Waals surface area contributed by atoms with Crippen LogP contribution in [0.25, 0.3) is 0 Å². The lowest BCUT2D eigenvalue weighted by Gasteiger charge is -2.34. The van der Waals surface area contributed by atoms with Gasteiger partial charge in [0.25, 0.3) is 5.91 Å². The Hall–Kier alpha value is -2.73. The van der Waals surface area contributed by atoms with Gasteiger partial charge in [0.1, 0.15) is 5.82 Å². The molecule has 0 spiro atoms. The summed E-state index contributed by atoms with van der Waals surface area (Å²) in [6.07, 6.45) is 3.36. The molecule has 6 heteroatoms. The predicted octanol–water partition coefficient (Wildman–Crippen LogP) is 3.56. The molecule has 1 fully saturated rings. The van der Waals surface area contributed by atoms with Gasteiger partial charge in [-0.25, -0.2) is 4.39 Å².